The molecule has 0 aliphatic rings. The lowest BCUT2D eigenvalue weighted by Gasteiger charge is -2.10. The van der Waals surface area contributed by atoms with E-state index in [-0.39, 0.29) is 0 Å². The van der Waals surface area contributed by atoms with Crippen molar-refractivity contribution in [3.8, 4) is 0 Å². The molecule has 0 aliphatic heterocycles. The summed E-state index contributed by atoms with van der Waals surface area (Å²) < 4.78 is 4.64. The van der Waals surface area contributed by atoms with E-state index in [2.05, 4.69) is 36.8 Å². The standard InChI is InChI=1S/C17H17BrCl2N6S/c1-2-26-16(14(18)7-23-26)8-21-17(27)24-13-6-22-25(10-13)9-11-3-4-12(19)5-15(11)20/h3-7,10H,2,8-9H2,1H3,(H2,21,24,27). The van der Waals surface area contributed by atoms with Crippen LogP contribution in [0.2, 0.25) is 10.0 Å². The maximum atomic E-state index is 6.22. The molecule has 0 fully saturated rings. The summed E-state index contributed by atoms with van der Waals surface area (Å²) in [6.45, 7) is 3.94. The first-order valence-electron chi connectivity index (χ1n) is 8.17. The summed E-state index contributed by atoms with van der Waals surface area (Å²) in [4.78, 5) is 0. The van der Waals surface area contributed by atoms with Crippen LogP contribution in [0.5, 0.6) is 0 Å². The van der Waals surface area contributed by atoms with Crippen molar-refractivity contribution in [2.75, 3.05) is 5.32 Å². The van der Waals surface area contributed by atoms with Gasteiger partial charge in [0.2, 0.25) is 0 Å². The molecule has 0 spiro atoms. The second kappa shape index (κ2) is 9.05. The second-order valence-electron chi connectivity index (χ2n) is 5.72. The summed E-state index contributed by atoms with van der Waals surface area (Å²) in [5, 5.41) is 16.7. The lowest BCUT2D eigenvalue weighted by molar-refractivity contribution is 0.613. The molecule has 6 nitrogen and oxygen atoms in total. The largest absolute Gasteiger partial charge is 0.357 e. The van der Waals surface area contributed by atoms with Crippen LogP contribution in [0.4, 0.5) is 5.69 Å². The van der Waals surface area contributed by atoms with Gasteiger partial charge in [-0.15, -0.1) is 0 Å². The molecule has 0 unspecified atom stereocenters. The highest BCUT2D eigenvalue weighted by molar-refractivity contribution is 9.10. The van der Waals surface area contributed by atoms with Crippen LogP contribution < -0.4 is 10.6 Å². The van der Waals surface area contributed by atoms with Gasteiger partial charge in [0.15, 0.2) is 5.11 Å². The van der Waals surface area contributed by atoms with E-state index < -0.39 is 0 Å². The number of benzene rings is 1. The smallest absolute Gasteiger partial charge is 0.171 e. The first kappa shape index (κ1) is 20.1. The molecule has 27 heavy (non-hydrogen) atoms. The lowest BCUT2D eigenvalue weighted by Crippen LogP contribution is -2.29. The summed E-state index contributed by atoms with van der Waals surface area (Å²) in [5.41, 5.74) is 2.77. The highest BCUT2D eigenvalue weighted by Gasteiger charge is 2.09. The van der Waals surface area contributed by atoms with E-state index in [4.69, 9.17) is 35.4 Å². The van der Waals surface area contributed by atoms with Gasteiger partial charge in [0.1, 0.15) is 0 Å². The Balaban J connectivity index is 1.57. The normalized spacial score (nSPS) is 10.8. The number of nitrogens with one attached hydrogen (secondary N) is 2. The fourth-order valence-electron chi connectivity index (χ4n) is 2.51. The van der Waals surface area contributed by atoms with E-state index in [1.165, 1.54) is 0 Å². The van der Waals surface area contributed by atoms with Crippen LogP contribution >= 0.6 is 51.3 Å². The molecule has 3 aromatic rings. The Kier molecular flexibility index (Phi) is 6.75. The van der Waals surface area contributed by atoms with Gasteiger partial charge in [0.25, 0.3) is 0 Å². The minimum absolute atomic E-state index is 0.509. The average Bonchev–Trinajstić information content (AvgIpc) is 3.21. The van der Waals surface area contributed by atoms with E-state index >= 15 is 0 Å². The minimum Gasteiger partial charge on any atom is -0.357 e. The highest BCUT2D eigenvalue weighted by Crippen LogP contribution is 2.22. The van der Waals surface area contributed by atoms with Gasteiger partial charge in [0.05, 0.1) is 41.3 Å². The van der Waals surface area contributed by atoms with Crippen molar-refractivity contribution in [1.29, 1.82) is 0 Å². The van der Waals surface area contributed by atoms with E-state index in [9.17, 15) is 0 Å². The summed E-state index contributed by atoms with van der Waals surface area (Å²) in [7, 11) is 0. The SMILES string of the molecule is CCn1ncc(Br)c1CNC(=S)Nc1cnn(Cc2ccc(Cl)cc2Cl)c1. The van der Waals surface area contributed by atoms with Crippen LogP contribution in [-0.2, 0) is 19.6 Å². The van der Waals surface area contributed by atoms with E-state index in [0.717, 1.165) is 28.0 Å². The Labute approximate surface area is 181 Å². The molecule has 10 heteroatoms. The summed E-state index contributed by atoms with van der Waals surface area (Å²) >= 11 is 21.0. The van der Waals surface area contributed by atoms with Crippen LogP contribution in [0.25, 0.3) is 0 Å². The molecule has 3 rings (SSSR count). The fourth-order valence-corrected chi connectivity index (χ4v) is 3.61. The van der Waals surface area contributed by atoms with Crippen molar-refractivity contribution in [3.05, 3.63) is 62.6 Å². The van der Waals surface area contributed by atoms with E-state index in [1.807, 2.05) is 29.9 Å². The van der Waals surface area contributed by atoms with E-state index in [0.29, 0.717) is 28.2 Å². The number of nitrogens with zero attached hydrogens (tertiary/aromatic N) is 4. The van der Waals surface area contributed by atoms with E-state index in [1.54, 1.807) is 23.1 Å². The zero-order valence-electron chi connectivity index (χ0n) is 14.4. The minimum atomic E-state index is 0.509. The van der Waals surface area contributed by atoms with Gasteiger partial charge in [0, 0.05) is 22.8 Å². The molecular formula is C17H17BrCl2N6S. The molecule has 0 aliphatic carbocycles. The molecule has 1 aromatic carbocycles. The molecule has 0 saturated carbocycles. The third-order valence-electron chi connectivity index (χ3n) is 3.85. The Bertz CT molecular complexity index is 955. The Morgan fingerprint density at radius 1 is 1.26 bits per heavy atom. The number of anilines is 1. The van der Waals surface area contributed by atoms with Crippen molar-refractivity contribution in [2.24, 2.45) is 0 Å². The van der Waals surface area contributed by atoms with Crippen molar-refractivity contribution >= 4 is 62.1 Å². The number of aryl methyl sites for hydroxylation is 1. The molecular weight excluding hydrogens is 471 g/mol. The zero-order chi connectivity index (χ0) is 19.4. The van der Waals surface area contributed by atoms with Crippen LogP contribution in [0.3, 0.4) is 0 Å². The van der Waals surface area contributed by atoms with Gasteiger partial charge >= 0.3 is 0 Å². The molecule has 0 radical (unpaired) electrons. The molecule has 2 aromatic heterocycles. The number of halogens is 3. The number of rotatable bonds is 6. The Hall–Kier alpha value is -1.61. The number of aromatic nitrogens is 4. The predicted molar refractivity (Wildman–Crippen MR) is 116 cm³/mol. The molecule has 0 saturated heterocycles. The molecule has 2 heterocycles. The predicted octanol–water partition coefficient (Wildman–Crippen LogP) is 4.70. The van der Waals surface area contributed by atoms with Gasteiger partial charge in [-0.2, -0.15) is 10.2 Å². The summed E-state index contributed by atoms with van der Waals surface area (Å²) in [6.07, 6.45) is 5.36. The Morgan fingerprint density at radius 2 is 2.07 bits per heavy atom. The van der Waals surface area contributed by atoms with Crippen molar-refractivity contribution in [2.45, 2.75) is 26.6 Å². The third-order valence-corrected chi connectivity index (χ3v) is 5.35. The topological polar surface area (TPSA) is 59.7 Å². The van der Waals surface area contributed by atoms with Crippen LogP contribution in [-0.4, -0.2) is 24.7 Å². The molecule has 0 atom stereocenters. The summed E-state index contributed by atoms with van der Waals surface area (Å²) in [6, 6.07) is 5.42. The van der Waals surface area contributed by atoms with Crippen molar-refractivity contribution in [3.63, 3.8) is 0 Å². The van der Waals surface area contributed by atoms with Gasteiger partial charge in [-0.25, -0.2) is 0 Å². The Morgan fingerprint density at radius 3 is 2.81 bits per heavy atom. The average molecular weight is 488 g/mol. The third kappa shape index (κ3) is 5.22. The lowest BCUT2D eigenvalue weighted by atomic mass is 10.2. The number of hydrogen-bond acceptors (Lipinski definition) is 3. The first-order chi connectivity index (χ1) is 13.0. The molecule has 0 bridgehead atoms. The first-order valence-corrected chi connectivity index (χ1v) is 10.1. The summed E-state index contributed by atoms with van der Waals surface area (Å²) in [5.74, 6) is 0. The quantitative estimate of drug-likeness (QED) is 0.493. The zero-order valence-corrected chi connectivity index (χ0v) is 18.3. The maximum absolute atomic E-state index is 6.22. The van der Waals surface area contributed by atoms with Gasteiger partial charge in [-0.05, 0) is 52.8 Å². The van der Waals surface area contributed by atoms with Gasteiger partial charge < -0.3 is 10.6 Å². The number of hydrogen-bond donors (Lipinski definition) is 2. The van der Waals surface area contributed by atoms with Crippen LogP contribution in [0, 0.1) is 0 Å². The highest BCUT2D eigenvalue weighted by atomic mass is 79.9. The maximum Gasteiger partial charge on any atom is 0.171 e. The van der Waals surface area contributed by atoms with Gasteiger partial charge in [-0.1, -0.05) is 29.3 Å². The molecule has 0 amide bonds. The molecule has 142 valence electrons. The van der Waals surface area contributed by atoms with Crippen molar-refractivity contribution in [1.82, 2.24) is 24.9 Å². The fraction of sp³-hybridized carbons (Fsp3) is 0.235. The van der Waals surface area contributed by atoms with Crippen LogP contribution in [0.15, 0.2) is 41.3 Å². The second-order valence-corrected chi connectivity index (χ2v) is 7.83. The van der Waals surface area contributed by atoms with Gasteiger partial charge in [-0.3, -0.25) is 9.36 Å². The monoisotopic (exact) mass is 486 g/mol. The number of thiocarbonyl (C=S) groups is 1. The molecule has 2 N–H and O–H groups in total. The van der Waals surface area contributed by atoms with Crippen LogP contribution in [0.1, 0.15) is 18.2 Å². The van der Waals surface area contributed by atoms with Crippen molar-refractivity contribution < 1.29 is 0 Å².